The van der Waals surface area contributed by atoms with Crippen molar-refractivity contribution in [3.05, 3.63) is 74.3 Å². The van der Waals surface area contributed by atoms with Gasteiger partial charge in [-0.25, -0.2) is 4.79 Å². The van der Waals surface area contributed by atoms with E-state index >= 15 is 0 Å². The fraction of sp³-hybridized carbons (Fsp3) is 0.304. The predicted octanol–water partition coefficient (Wildman–Crippen LogP) is 3.99. The summed E-state index contributed by atoms with van der Waals surface area (Å²) < 4.78 is 0. The number of ketones is 1. The maximum Gasteiger partial charge on any atom is 0.317 e. The third kappa shape index (κ3) is 4.38. The fourth-order valence-electron chi connectivity index (χ4n) is 4.15. The van der Waals surface area contributed by atoms with E-state index in [1.54, 1.807) is 6.07 Å². The molecule has 2 amide bonds. The molecule has 0 unspecified atom stereocenters. The third-order valence-electron chi connectivity index (χ3n) is 5.70. The molecule has 5 nitrogen and oxygen atoms in total. The van der Waals surface area contributed by atoms with E-state index in [2.05, 4.69) is 11.4 Å². The molecule has 156 valence electrons. The molecule has 2 aliphatic rings. The van der Waals surface area contributed by atoms with Gasteiger partial charge in [0.25, 0.3) is 0 Å². The summed E-state index contributed by atoms with van der Waals surface area (Å²) in [6.45, 7) is 1.66. The molecule has 2 aromatic carbocycles. The van der Waals surface area contributed by atoms with Crippen molar-refractivity contribution in [2.45, 2.75) is 25.8 Å². The highest BCUT2D eigenvalue weighted by molar-refractivity contribution is 6.31. The zero-order valence-corrected chi connectivity index (χ0v) is 18.0. The number of halogens is 2. The van der Waals surface area contributed by atoms with Crippen LogP contribution in [-0.2, 0) is 24.2 Å². The molecule has 0 saturated heterocycles. The van der Waals surface area contributed by atoms with Gasteiger partial charge in [0.1, 0.15) is 0 Å². The number of nitrogens with two attached hydrogens (primary N) is 1. The second-order valence-electron chi connectivity index (χ2n) is 7.74. The summed E-state index contributed by atoms with van der Waals surface area (Å²) in [4.78, 5) is 26.2. The third-order valence-corrected chi connectivity index (χ3v) is 6.30. The number of amides is 2. The number of hydrogen-bond acceptors (Lipinski definition) is 3. The fourth-order valence-corrected chi connectivity index (χ4v) is 4.51. The number of Topliss-reactive ketones (excluding diaryl/α,β-unsaturated/α-hetero) is 1. The lowest BCUT2D eigenvalue weighted by atomic mass is 9.99. The number of carbonyl (C=O) groups excluding carboxylic acids is 2. The van der Waals surface area contributed by atoms with E-state index in [1.807, 2.05) is 29.2 Å². The molecular formula is C23H23Cl2N3O2. The van der Waals surface area contributed by atoms with Crippen LogP contribution in [-0.4, -0.2) is 36.3 Å². The maximum atomic E-state index is 12.7. The Hall–Kier alpha value is -2.34. The molecule has 0 aromatic heterocycles. The molecule has 2 aromatic rings. The van der Waals surface area contributed by atoms with Gasteiger partial charge in [0.2, 0.25) is 0 Å². The smallest absolute Gasteiger partial charge is 0.317 e. The Morgan fingerprint density at radius 2 is 1.97 bits per heavy atom. The molecule has 0 bridgehead atoms. The van der Waals surface area contributed by atoms with E-state index < -0.39 is 0 Å². The summed E-state index contributed by atoms with van der Waals surface area (Å²) in [6.07, 6.45) is 1.91. The van der Waals surface area contributed by atoms with Crippen molar-refractivity contribution in [2.24, 2.45) is 5.73 Å². The second-order valence-corrected chi connectivity index (χ2v) is 8.58. The number of fused-ring (bicyclic) bond motifs is 2. The lowest BCUT2D eigenvalue weighted by molar-refractivity contribution is -0.117. The van der Waals surface area contributed by atoms with E-state index in [1.165, 1.54) is 22.3 Å². The van der Waals surface area contributed by atoms with Crippen molar-refractivity contribution in [1.82, 2.24) is 10.2 Å². The highest BCUT2D eigenvalue weighted by atomic mass is 35.5. The summed E-state index contributed by atoms with van der Waals surface area (Å²) in [5.41, 5.74) is 12.2. The second kappa shape index (κ2) is 8.80. The SMILES string of the molecule is NCC(=O)Cc1cc(CNC(=O)N2CCC3=C(Cc4ccc(Cl)cc43)C2)ccc1Cl. The molecule has 3 N–H and O–H groups in total. The van der Waals surface area contributed by atoms with Gasteiger partial charge in [0.05, 0.1) is 6.54 Å². The van der Waals surface area contributed by atoms with Crippen molar-refractivity contribution >= 4 is 40.6 Å². The van der Waals surface area contributed by atoms with Gasteiger partial charge in [0, 0.05) is 36.1 Å². The van der Waals surface area contributed by atoms with Gasteiger partial charge in [-0.3, -0.25) is 4.79 Å². The highest BCUT2D eigenvalue weighted by Gasteiger charge is 2.29. The Morgan fingerprint density at radius 3 is 2.77 bits per heavy atom. The number of rotatable bonds is 5. The molecule has 1 heterocycles. The van der Waals surface area contributed by atoms with E-state index in [9.17, 15) is 9.59 Å². The van der Waals surface area contributed by atoms with Gasteiger partial charge >= 0.3 is 6.03 Å². The average molecular weight is 444 g/mol. The minimum Gasteiger partial charge on any atom is -0.334 e. The molecule has 0 saturated carbocycles. The van der Waals surface area contributed by atoms with Crippen molar-refractivity contribution < 1.29 is 9.59 Å². The van der Waals surface area contributed by atoms with Crippen molar-refractivity contribution in [3.8, 4) is 0 Å². The lowest BCUT2D eigenvalue weighted by Gasteiger charge is -2.29. The first-order chi connectivity index (χ1) is 14.4. The molecule has 0 fully saturated rings. The summed E-state index contributed by atoms with van der Waals surface area (Å²) in [5, 5.41) is 4.26. The zero-order valence-electron chi connectivity index (χ0n) is 16.5. The molecule has 0 atom stereocenters. The Balaban J connectivity index is 1.38. The van der Waals surface area contributed by atoms with Crippen LogP contribution < -0.4 is 11.1 Å². The van der Waals surface area contributed by atoms with Crippen LogP contribution in [0.15, 0.2) is 42.0 Å². The van der Waals surface area contributed by atoms with Gasteiger partial charge in [0.15, 0.2) is 5.78 Å². The number of carbonyl (C=O) groups is 2. The van der Waals surface area contributed by atoms with Gasteiger partial charge in [-0.15, -0.1) is 0 Å². The van der Waals surface area contributed by atoms with Crippen LogP contribution in [0.25, 0.3) is 5.57 Å². The van der Waals surface area contributed by atoms with E-state index in [-0.39, 0.29) is 24.8 Å². The van der Waals surface area contributed by atoms with Gasteiger partial charge < -0.3 is 16.0 Å². The lowest BCUT2D eigenvalue weighted by Crippen LogP contribution is -2.43. The molecule has 4 rings (SSSR count). The van der Waals surface area contributed by atoms with E-state index in [4.69, 9.17) is 28.9 Å². The van der Waals surface area contributed by atoms with Gasteiger partial charge in [-0.05, 0) is 64.4 Å². The molecule has 1 aliphatic heterocycles. The molecule has 1 aliphatic carbocycles. The largest absolute Gasteiger partial charge is 0.334 e. The highest BCUT2D eigenvalue weighted by Crippen LogP contribution is 2.39. The van der Waals surface area contributed by atoms with Crippen LogP contribution in [0.4, 0.5) is 4.79 Å². The summed E-state index contributed by atoms with van der Waals surface area (Å²) in [5.74, 6) is -0.0747. The van der Waals surface area contributed by atoms with Crippen LogP contribution >= 0.6 is 23.2 Å². The topological polar surface area (TPSA) is 75.4 Å². The quantitative estimate of drug-likeness (QED) is 0.733. The van der Waals surface area contributed by atoms with Crippen molar-refractivity contribution in [1.29, 1.82) is 0 Å². The molecular weight excluding hydrogens is 421 g/mol. The van der Waals surface area contributed by atoms with Crippen molar-refractivity contribution in [3.63, 3.8) is 0 Å². The number of urea groups is 1. The Bertz CT molecular complexity index is 1050. The van der Waals surface area contributed by atoms with Gasteiger partial charge in [-0.2, -0.15) is 0 Å². The molecule has 0 radical (unpaired) electrons. The number of nitrogens with one attached hydrogen (secondary N) is 1. The van der Waals surface area contributed by atoms with Crippen LogP contribution in [0.1, 0.15) is 28.7 Å². The standard InChI is InChI=1S/C23H23Cl2N3O2/c24-18-3-2-15-8-17-13-28(6-5-20(17)21(15)10-18)23(30)27-12-14-1-4-22(25)16(7-14)9-19(29)11-26/h1-4,7,10H,5-6,8-9,11-13,26H2,(H,27,30). The van der Waals surface area contributed by atoms with Crippen LogP contribution in [0.3, 0.4) is 0 Å². The predicted molar refractivity (Wildman–Crippen MR) is 120 cm³/mol. The summed E-state index contributed by atoms with van der Waals surface area (Å²) in [6, 6.07) is 11.4. The average Bonchev–Trinajstić information content (AvgIpc) is 3.10. The van der Waals surface area contributed by atoms with Gasteiger partial charge in [-0.1, -0.05) is 41.4 Å². The normalized spacial score (nSPS) is 15.1. The monoisotopic (exact) mass is 443 g/mol. The summed E-state index contributed by atoms with van der Waals surface area (Å²) in [7, 11) is 0. The number of benzene rings is 2. The number of hydrogen-bond donors (Lipinski definition) is 2. The van der Waals surface area contributed by atoms with Crippen LogP contribution in [0, 0.1) is 0 Å². The number of nitrogens with zero attached hydrogens (tertiary/aromatic N) is 1. The van der Waals surface area contributed by atoms with Crippen LogP contribution in [0.5, 0.6) is 0 Å². The maximum absolute atomic E-state index is 12.7. The Kier molecular flexibility index (Phi) is 6.14. The Morgan fingerprint density at radius 1 is 1.13 bits per heavy atom. The molecule has 7 heteroatoms. The molecule has 30 heavy (non-hydrogen) atoms. The minimum absolute atomic E-state index is 0.0137. The minimum atomic E-state index is -0.0925. The first-order valence-electron chi connectivity index (χ1n) is 9.96. The van der Waals surface area contributed by atoms with Crippen LogP contribution in [0.2, 0.25) is 10.0 Å². The first kappa shape index (κ1) is 20.9. The van der Waals surface area contributed by atoms with E-state index in [0.717, 1.165) is 29.0 Å². The molecule has 0 spiro atoms. The first-order valence-corrected chi connectivity index (χ1v) is 10.7. The zero-order chi connectivity index (χ0) is 21.3. The Labute approximate surface area is 185 Å². The van der Waals surface area contributed by atoms with Crippen molar-refractivity contribution in [2.75, 3.05) is 19.6 Å². The van der Waals surface area contributed by atoms with E-state index in [0.29, 0.717) is 24.7 Å². The summed E-state index contributed by atoms with van der Waals surface area (Å²) >= 11 is 12.3.